The number of amides is 1. The Kier molecular flexibility index (Phi) is 2.52. The summed E-state index contributed by atoms with van der Waals surface area (Å²) in [7, 11) is 0. The maximum Gasteiger partial charge on any atom is 0.323 e. The van der Waals surface area contributed by atoms with Crippen LogP contribution in [0.25, 0.3) is 0 Å². The fraction of sp³-hybridized carbons (Fsp3) is 0.273. The number of nitrogens with zero attached hydrogens (tertiary/aromatic N) is 1. The van der Waals surface area contributed by atoms with Crippen LogP contribution in [0.15, 0.2) is 24.3 Å². The molecule has 0 radical (unpaired) electrons. The first-order valence-corrected chi connectivity index (χ1v) is 4.98. The van der Waals surface area contributed by atoms with E-state index in [9.17, 15) is 9.59 Å². The number of para-hydroxylation sites is 2. The molecule has 84 valence electrons. The molecule has 0 bridgehead atoms. The van der Waals surface area contributed by atoms with Gasteiger partial charge >= 0.3 is 5.97 Å². The third-order valence-electron chi connectivity index (χ3n) is 2.62. The van der Waals surface area contributed by atoms with Gasteiger partial charge in [0, 0.05) is 0 Å². The summed E-state index contributed by atoms with van der Waals surface area (Å²) in [5.74, 6) is -1.13. The first kappa shape index (κ1) is 10.5. The van der Waals surface area contributed by atoms with Gasteiger partial charge in [-0.2, -0.15) is 0 Å². The number of carbonyl (C=O) groups excluding carboxylic acids is 1. The van der Waals surface area contributed by atoms with Crippen LogP contribution in [0.4, 0.5) is 11.4 Å². The molecule has 2 rings (SSSR count). The van der Waals surface area contributed by atoms with E-state index < -0.39 is 12.0 Å². The summed E-state index contributed by atoms with van der Waals surface area (Å²) < 4.78 is 0. The Morgan fingerprint density at radius 3 is 2.88 bits per heavy atom. The van der Waals surface area contributed by atoms with Crippen molar-refractivity contribution in [2.75, 3.05) is 16.8 Å². The van der Waals surface area contributed by atoms with E-state index in [1.807, 2.05) is 6.07 Å². The highest BCUT2D eigenvalue weighted by atomic mass is 16.4. The van der Waals surface area contributed by atoms with Crippen LogP contribution in [0, 0.1) is 0 Å². The third-order valence-corrected chi connectivity index (χ3v) is 2.62. The van der Waals surface area contributed by atoms with Crippen molar-refractivity contribution < 1.29 is 14.7 Å². The lowest BCUT2D eigenvalue weighted by Crippen LogP contribution is -2.48. The predicted molar refractivity (Wildman–Crippen MR) is 59.5 cm³/mol. The molecule has 2 N–H and O–H groups in total. The highest BCUT2D eigenvalue weighted by molar-refractivity contribution is 6.04. The molecule has 0 saturated carbocycles. The van der Waals surface area contributed by atoms with Gasteiger partial charge < -0.3 is 15.3 Å². The molecule has 16 heavy (non-hydrogen) atoms. The highest BCUT2D eigenvalue weighted by Crippen LogP contribution is 2.31. The summed E-state index contributed by atoms with van der Waals surface area (Å²) in [4.78, 5) is 23.9. The lowest BCUT2D eigenvalue weighted by molar-refractivity contribution is -0.135. The van der Waals surface area contributed by atoms with Gasteiger partial charge in [-0.15, -0.1) is 0 Å². The number of fused-ring (bicyclic) bond motifs is 1. The van der Waals surface area contributed by atoms with Gasteiger partial charge in [-0.25, -0.2) is 0 Å². The quantitative estimate of drug-likeness (QED) is 0.777. The van der Waals surface area contributed by atoms with Gasteiger partial charge in [-0.05, 0) is 19.1 Å². The standard InChI is InChI=1S/C11H12N2O3/c1-7-11(16)12-8-4-2-3-5-9(8)13(7)6-10(14)15/h2-5,7H,6H2,1H3,(H,12,16)(H,14,15). The molecule has 0 aliphatic carbocycles. The second-order valence-electron chi connectivity index (χ2n) is 3.70. The van der Waals surface area contributed by atoms with Gasteiger partial charge in [0.05, 0.1) is 11.4 Å². The number of carboxylic acid groups (broad SMARTS) is 1. The Morgan fingerprint density at radius 1 is 1.50 bits per heavy atom. The molecule has 0 saturated heterocycles. The number of carbonyl (C=O) groups is 2. The zero-order valence-corrected chi connectivity index (χ0v) is 8.80. The maximum absolute atomic E-state index is 11.6. The van der Waals surface area contributed by atoms with Crippen LogP contribution in [0.2, 0.25) is 0 Å². The number of hydrogen-bond acceptors (Lipinski definition) is 3. The number of nitrogens with one attached hydrogen (secondary N) is 1. The lowest BCUT2D eigenvalue weighted by atomic mass is 10.1. The van der Waals surface area contributed by atoms with Crippen LogP contribution >= 0.6 is 0 Å². The number of rotatable bonds is 2. The van der Waals surface area contributed by atoms with Crippen molar-refractivity contribution in [1.82, 2.24) is 0 Å². The largest absolute Gasteiger partial charge is 0.480 e. The minimum atomic E-state index is -0.948. The van der Waals surface area contributed by atoms with E-state index in [0.717, 1.165) is 5.69 Å². The fourth-order valence-corrected chi connectivity index (χ4v) is 1.78. The SMILES string of the molecule is CC1C(=O)Nc2ccccc2N1CC(=O)O. The Hall–Kier alpha value is -2.04. The Bertz CT molecular complexity index is 445. The molecular weight excluding hydrogens is 208 g/mol. The maximum atomic E-state index is 11.6. The van der Waals surface area contributed by atoms with Gasteiger partial charge in [-0.1, -0.05) is 12.1 Å². The van der Waals surface area contributed by atoms with Crippen LogP contribution in [0.1, 0.15) is 6.92 Å². The second kappa shape index (κ2) is 3.84. The molecule has 1 atom stereocenters. The number of anilines is 2. The zero-order chi connectivity index (χ0) is 11.7. The predicted octanol–water partition coefficient (Wildman–Crippen LogP) is 0.918. The average molecular weight is 220 g/mol. The van der Waals surface area contributed by atoms with E-state index in [1.54, 1.807) is 30.0 Å². The van der Waals surface area contributed by atoms with E-state index in [-0.39, 0.29) is 12.5 Å². The Labute approximate surface area is 92.7 Å². The van der Waals surface area contributed by atoms with Crippen molar-refractivity contribution in [2.45, 2.75) is 13.0 Å². The molecular formula is C11H12N2O3. The molecule has 5 nitrogen and oxygen atoms in total. The van der Waals surface area contributed by atoms with E-state index in [1.165, 1.54) is 0 Å². The molecule has 1 aromatic rings. The molecule has 1 aliphatic rings. The van der Waals surface area contributed by atoms with Gasteiger partial charge in [0.2, 0.25) is 5.91 Å². The smallest absolute Gasteiger partial charge is 0.323 e. The van der Waals surface area contributed by atoms with E-state index >= 15 is 0 Å². The van der Waals surface area contributed by atoms with Crippen molar-refractivity contribution in [2.24, 2.45) is 0 Å². The summed E-state index contributed by atoms with van der Waals surface area (Å²) >= 11 is 0. The zero-order valence-electron chi connectivity index (χ0n) is 8.80. The van der Waals surface area contributed by atoms with Gasteiger partial charge in [0.15, 0.2) is 0 Å². The Balaban J connectivity index is 2.41. The van der Waals surface area contributed by atoms with Crippen molar-refractivity contribution in [3.05, 3.63) is 24.3 Å². The molecule has 0 spiro atoms. The molecule has 1 aliphatic heterocycles. The number of carboxylic acids is 1. The van der Waals surface area contributed by atoms with E-state index in [4.69, 9.17) is 5.11 Å². The van der Waals surface area contributed by atoms with Crippen molar-refractivity contribution >= 4 is 23.3 Å². The van der Waals surface area contributed by atoms with Gasteiger partial charge in [0.1, 0.15) is 12.6 Å². The monoisotopic (exact) mass is 220 g/mol. The highest BCUT2D eigenvalue weighted by Gasteiger charge is 2.30. The van der Waals surface area contributed by atoms with Gasteiger partial charge in [0.25, 0.3) is 0 Å². The van der Waals surface area contributed by atoms with Crippen molar-refractivity contribution in [1.29, 1.82) is 0 Å². The number of aliphatic carboxylic acids is 1. The third kappa shape index (κ3) is 1.71. The van der Waals surface area contributed by atoms with Crippen LogP contribution in [-0.2, 0) is 9.59 Å². The Morgan fingerprint density at radius 2 is 2.19 bits per heavy atom. The van der Waals surface area contributed by atoms with Crippen LogP contribution in [0.3, 0.4) is 0 Å². The molecule has 0 aromatic heterocycles. The lowest BCUT2D eigenvalue weighted by Gasteiger charge is -2.34. The number of benzene rings is 1. The fourth-order valence-electron chi connectivity index (χ4n) is 1.78. The molecule has 1 aromatic carbocycles. The van der Waals surface area contributed by atoms with Crippen LogP contribution < -0.4 is 10.2 Å². The van der Waals surface area contributed by atoms with Crippen molar-refractivity contribution in [3.8, 4) is 0 Å². The van der Waals surface area contributed by atoms with E-state index in [2.05, 4.69) is 5.32 Å². The van der Waals surface area contributed by atoms with E-state index in [0.29, 0.717) is 5.69 Å². The summed E-state index contributed by atoms with van der Waals surface area (Å²) in [6.07, 6.45) is 0. The normalized spacial score (nSPS) is 18.9. The number of hydrogen-bond donors (Lipinski definition) is 2. The molecule has 1 amide bonds. The summed E-state index contributed by atoms with van der Waals surface area (Å²) in [5, 5.41) is 11.6. The first-order valence-electron chi connectivity index (χ1n) is 4.98. The van der Waals surface area contributed by atoms with Crippen LogP contribution in [0.5, 0.6) is 0 Å². The topological polar surface area (TPSA) is 69.6 Å². The molecule has 1 heterocycles. The summed E-state index contributed by atoms with van der Waals surface area (Å²) in [6, 6.07) is 6.71. The molecule has 0 fully saturated rings. The molecule has 1 unspecified atom stereocenters. The van der Waals surface area contributed by atoms with Crippen molar-refractivity contribution in [3.63, 3.8) is 0 Å². The minimum Gasteiger partial charge on any atom is -0.480 e. The first-order chi connectivity index (χ1) is 7.59. The van der Waals surface area contributed by atoms with Crippen LogP contribution in [-0.4, -0.2) is 29.6 Å². The second-order valence-corrected chi connectivity index (χ2v) is 3.70. The summed E-state index contributed by atoms with van der Waals surface area (Å²) in [5.41, 5.74) is 1.41. The average Bonchev–Trinajstić information content (AvgIpc) is 2.24. The van der Waals surface area contributed by atoms with Gasteiger partial charge in [-0.3, -0.25) is 9.59 Å². The molecule has 5 heteroatoms. The minimum absolute atomic E-state index is 0.175. The summed E-state index contributed by atoms with van der Waals surface area (Å²) in [6.45, 7) is 1.51.